The zero-order chi connectivity index (χ0) is 0. The Bertz CT molecular complexity index is 24.1. The first-order valence-electron chi connectivity index (χ1n) is 0. The number of halogens is 2. The van der Waals surface area contributed by atoms with Crippen LogP contribution in [0.25, 0.3) is 0 Å². The molecule has 0 spiro atoms. The van der Waals surface area contributed by atoms with E-state index in [1.807, 2.05) is 0 Å². The molecule has 0 nitrogen and oxygen atoms in total. The van der Waals surface area contributed by atoms with Gasteiger partial charge in [0.25, 0.3) is 0 Å². The van der Waals surface area contributed by atoms with Crippen molar-refractivity contribution in [2.24, 2.45) is 0 Å². The second-order valence-electron chi connectivity index (χ2n) is 0. The van der Waals surface area contributed by atoms with E-state index >= 15 is 0 Å². The molecule has 0 aromatic heterocycles. The van der Waals surface area contributed by atoms with Crippen LogP contribution in [0.3, 0.4) is 0 Å². The van der Waals surface area contributed by atoms with Crippen LogP contribution < -0.4 is 0 Å². The fourth-order valence-corrected chi connectivity index (χ4v) is 0. The van der Waals surface area contributed by atoms with Gasteiger partial charge >= 0.3 is 46.1 Å². The predicted molar refractivity (Wildman–Crippen MR) is 40.8 cm³/mol. The van der Waals surface area contributed by atoms with Crippen molar-refractivity contribution in [1.82, 2.24) is 0 Å². The van der Waals surface area contributed by atoms with Crippen molar-refractivity contribution in [3.8, 4) is 0 Å². The van der Waals surface area contributed by atoms with E-state index in [0.717, 1.165) is 0 Å². The number of rotatable bonds is 0. The molecule has 0 saturated carbocycles. The quantitative estimate of drug-likeness (QED) is 0.393. The van der Waals surface area contributed by atoms with Gasteiger partial charge in [-0.05, 0) is 0 Å². The fraction of sp³-hybridized carbons (Fsp3) is 0. The monoisotopic (exact) mass is 210 g/mol. The molecule has 0 atom stereocenters. The van der Waals surface area contributed by atoms with Crippen molar-refractivity contribution >= 4 is 80.8 Å². The molecule has 0 aliphatic carbocycles. The molecular weight excluding hydrogens is 199 g/mol. The summed E-state index contributed by atoms with van der Waals surface area (Å²) in [5.41, 5.74) is 0. The molecule has 7 heteroatoms. The van der Waals surface area contributed by atoms with Crippen molar-refractivity contribution < 1.29 is 31.6 Å². The average Bonchev–Trinajstić information content (AvgIpc) is 0. The number of hydrogen-bond donors (Lipinski definition) is 0. The largest absolute Gasteiger partial charge is 2.00 e. The van der Waals surface area contributed by atoms with Crippen molar-refractivity contribution in [2.75, 3.05) is 0 Å². The second kappa shape index (κ2) is 65.0. The van der Waals surface area contributed by atoms with Crippen LogP contribution in [0, 0.1) is 0 Å². The van der Waals surface area contributed by atoms with Gasteiger partial charge in [0, 0.05) is 16.5 Å². The molecule has 0 aromatic rings. The van der Waals surface area contributed by atoms with Gasteiger partial charge in [0.15, 0.2) is 34.7 Å². The predicted octanol–water partition coefficient (Wildman–Crippen LogP) is -2.38. The molecule has 0 radical (unpaired) electrons. The van der Waals surface area contributed by atoms with Crippen molar-refractivity contribution in [1.29, 1.82) is 0 Å². The maximum absolute atomic E-state index is 0. The summed E-state index contributed by atoms with van der Waals surface area (Å²) in [6.45, 7) is 0. The van der Waals surface area contributed by atoms with E-state index in [-0.39, 0.29) is 112 Å². The fourth-order valence-electron chi connectivity index (χ4n) is 0. The number of hydrogen-bond acceptors (Lipinski definition) is 0. The van der Waals surface area contributed by atoms with E-state index < -0.39 is 0 Å². The van der Waals surface area contributed by atoms with E-state index in [1.165, 1.54) is 0 Å². The summed E-state index contributed by atoms with van der Waals surface area (Å²) in [7, 11) is 0. The van der Waals surface area contributed by atoms with Crippen molar-refractivity contribution in [3.05, 3.63) is 0 Å². The summed E-state index contributed by atoms with van der Waals surface area (Å²) in [4.78, 5) is 0. The van der Waals surface area contributed by atoms with Crippen molar-refractivity contribution in [2.45, 2.75) is 0 Å². The van der Waals surface area contributed by atoms with E-state index in [1.54, 1.807) is 0 Å². The minimum atomic E-state index is 0. The third-order valence-electron chi connectivity index (χ3n) is 0. The summed E-state index contributed by atoms with van der Waals surface area (Å²) in [6, 6.07) is 0. The van der Waals surface area contributed by atoms with Gasteiger partial charge < -0.3 is 5.71 Å². The van der Waals surface area contributed by atoms with E-state index in [2.05, 4.69) is 0 Å². The molecule has 0 unspecified atom stereocenters. The molecule has 0 amide bonds. The van der Waals surface area contributed by atoms with Crippen LogP contribution in [0.15, 0.2) is 0 Å². The Labute approximate surface area is 111 Å². The molecular formula is H12Al2F2Mg2Ni. The normalized spacial score (nSPS) is 0. The minimum Gasteiger partial charge on any atom is -1.00 e. The SMILES string of the molecule is F.F.[AlH3].[AlH3].[H-].[H-].[H-].[H-].[Mg+2].[Mg+2].[Ni]. The van der Waals surface area contributed by atoms with Gasteiger partial charge in [0.2, 0.25) is 0 Å². The Hall–Kier alpha value is 2.95. The van der Waals surface area contributed by atoms with Crippen LogP contribution >= 0.6 is 0 Å². The van der Waals surface area contributed by atoms with Gasteiger partial charge in [0.1, 0.15) is 0 Å². The van der Waals surface area contributed by atoms with Gasteiger partial charge in [-0.3, -0.25) is 9.41 Å². The first kappa shape index (κ1) is 91.6. The van der Waals surface area contributed by atoms with Gasteiger partial charge in [-0.1, -0.05) is 0 Å². The molecule has 0 N–H and O–H groups in total. The Morgan fingerprint density at radius 2 is 0.714 bits per heavy atom. The summed E-state index contributed by atoms with van der Waals surface area (Å²) < 4.78 is 0. The standard InChI is InChI=1S/2Al.2FH.2Mg.Ni.10H/h;;2*1H;;;;;;;;;;;;;/q;;;;2*+2;;;;;;;;4*-1. The van der Waals surface area contributed by atoms with Gasteiger partial charge in [0.05, 0.1) is 0 Å². The summed E-state index contributed by atoms with van der Waals surface area (Å²) in [5.74, 6) is 0. The van der Waals surface area contributed by atoms with Crippen LogP contribution in [0.5, 0.6) is 0 Å². The molecule has 0 rings (SSSR count). The first-order valence-corrected chi connectivity index (χ1v) is 0. The van der Waals surface area contributed by atoms with E-state index in [0.29, 0.717) is 0 Å². The van der Waals surface area contributed by atoms with Crippen LogP contribution in [-0.2, 0) is 16.5 Å². The maximum atomic E-state index is 0. The Morgan fingerprint density at radius 3 is 0.714 bits per heavy atom. The zero-order valence-corrected chi connectivity index (χ0v) is 6.36. The molecule has 0 aliphatic rings. The third kappa shape index (κ3) is 49.7. The summed E-state index contributed by atoms with van der Waals surface area (Å²) in [5, 5.41) is 0. The zero-order valence-electron chi connectivity index (χ0n) is 6.55. The topological polar surface area (TPSA) is 0 Å². The molecule has 0 aliphatic heterocycles. The molecule has 46 valence electrons. The Kier molecular flexibility index (Phi) is 850. The molecule has 0 saturated heterocycles. The molecule has 0 aromatic carbocycles. The van der Waals surface area contributed by atoms with Gasteiger partial charge in [-0.25, -0.2) is 0 Å². The van der Waals surface area contributed by atoms with E-state index in [4.69, 9.17) is 0 Å². The van der Waals surface area contributed by atoms with Crippen LogP contribution in [0.2, 0.25) is 0 Å². The average molecular weight is 211 g/mol. The first-order chi connectivity index (χ1) is 0. The van der Waals surface area contributed by atoms with Gasteiger partial charge in [-0.2, -0.15) is 0 Å². The molecule has 0 heterocycles. The smallest absolute Gasteiger partial charge is 1.00 e. The van der Waals surface area contributed by atoms with Gasteiger partial charge in [-0.15, -0.1) is 0 Å². The van der Waals surface area contributed by atoms with Crippen LogP contribution in [0.1, 0.15) is 5.71 Å². The summed E-state index contributed by atoms with van der Waals surface area (Å²) >= 11 is 0. The van der Waals surface area contributed by atoms with Crippen LogP contribution in [0.4, 0.5) is 9.41 Å². The minimum absolute atomic E-state index is 0. The summed E-state index contributed by atoms with van der Waals surface area (Å²) in [6.07, 6.45) is 0. The molecule has 7 heavy (non-hydrogen) atoms. The third-order valence-corrected chi connectivity index (χ3v) is 0. The Balaban J connectivity index is 0. The molecule has 0 fully saturated rings. The molecule has 0 bridgehead atoms. The van der Waals surface area contributed by atoms with Crippen LogP contribution in [-0.4, -0.2) is 80.8 Å². The Morgan fingerprint density at radius 1 is 0.714 bits per heavy atom. The second-order valence-corrected chi connectivity index (χ2v) is 0. The van der Waals surface area contributed by atoms with E-state index in [9.17, 15) is 0 Å². The van der Waals surface area contributed by atoms with Crippen molar-refractivity contribution in [3.63, 3.8) is 0 Å². The maximum Gasteiger partial charge on any atom is 2.00 e.